The third-order valence-electron chi connectivity index (χ3n) is 6.30. The molecule has 172 valence electrons. The van der Waals surface area contributed by atoms with Crippen LogP contribution in [0.25, 0.3) is 0 Å². The molecule has 0 spiro atoms. The van der Waals surface area contributed by atoms with E-state index in [1.165, 1.54) is 30.0 Å². The minimum Gasteiger partial charge on any atom is -0.488 e. The van der Waals surface area contributed by atoms with Crippen LogP contribution in [0.3, 0.4) is 0 Å². The van der Waals surface area contributed by atoms with Crippen molar-refractivity contribution in [2.75, 3.05) is 13.7 Å². The topological polar surface area (TPSA) is 97.8 Å². The first-order chi connectivity index (χ1) is 15.2. The lowest BCUT2D eigenvalue weighted by Gasteiger charge is -2.36. The van der Waals surface area contributed by atoms with E-state index in [2.05, 4.69) is 49.3 Å². The SMILES string of the molecule is COc1ncc(C(=O)N[C@]2(C(=O)O)CC[C@H](C)CC2)cc1OCCc1cc(C)ccc1C. The number of methoxy groups -OCH3 is 1. The Kier molecular flexibility index (Phi) is 7.38. The molecule has 2 N–H and O–H groups in total. The Morgan fingerprint density at radius 1 is 1.22 bits per heavy atom. The van der Waals surface area contributed by atoms with Crippen LogP contribution >= 0.6 is 0 Å². The third-order valence-corrected chi connectivity index (χ3v) is 6.30. The van der Waals surface area contributed by atoms with Gasteiger partial charge in [0.15, 0.2) is 5.75 Å². The Labute approximate surface area is 189 Å². The number of carbonyl (C=O) groups is 2. The number of carbonyl (C=O) groups excluding carboxylic acids is 1. The molecule has 1 amide bonds. The molecule has 3 rings (SSSR count). The second-order valence-corrected chi connectivity index (χ2v) is 8.78. The van der Waals surface area contributed by atoms with E-state index in [1.807, 2.05) is 0 Å². The van der Waals surface area contributed by atoms with Crippen LogP contribution in [0, 0.1) is 19.8 Å². The molecule has 0 radical (unpaired) electrons. The summed E-state index contributed by atoms with van der Waals surface area (Å²) >= 11 is 0. The lowest BCUT2D eigenvalue weighted by atomic mass is 9.77. The highest BCUT2D eigenvalue weighted by atomic mass is 16.5. The fourth-order valence-electron chi connectivity index (χ4n) is 4.09. The third kappa shape index (κ3) is 5.39. The molecular formula is C25H32N2O5. The van der Waals surface area contributed by atoms with Crippen LogP contribution in [0.2, 0.25) is 0 Å². The van der Waals surface area contributed by atoms with Crippen molar-refractivity contribution < 1.29 is 24.2 Å². The molecule has 0 atom stereocenters. The molecule has 0 saturated heterocycles. The molecule has 7 heteroatoms. The van der Waals surface area contributed by atoms with Crippen molar-refractivity contribution in [1.29, 1.82) is 0 Å². The zero-order valence-corrected chi connectivity index (χ0v) is 19.2. The van der Waals surface area contributed by atoms with E-state index in [-0.39, 0.29) is 11.4 Å². The van der Waals surface area contributed by atoms with Gasteiger partial charge in [0.2, 0.25) is 0 Å². The Bertz CT molecular complexity index is 980. The van der Waals surface area contributed by atoms with Crippen LogP contribution in [0.1, 0.15) is 59.7 Å². The van der Waals surface area contributed by atoms with Gasteiger partial charge in [0.1, 0.15) is 5.54 Å². The van der Waals surface area contributed by atoms with E-state index in [4.69, 9.17) is 9.47 Å². The minimum atomic E-state index is -1.24. The summed E-state index contributed by atoms with van der Waals surface area (Å²) in [5.41, 5.74) is 2.58. The number of hydrogen-bond donors (Lipinski definition) is 2. The number of rotatable bonds is 8. The fraction of sp³-hybridized carbons (Fsp3) is 0.480. The van der Waals surface area contributed by atoms with Crippen molar-refractivity contribution in [3.05, 3.63) is 52.7 Å². The van der Waals surface area contributed by atoms with Gasteiger partial charge >= 0.3 is 5.97 Å². The van der Waals surface area contributed by atoms with Crippen LogP contribution in [-0.4, -0.2) is 41.2 Å². The summed E-state index contributed by atoms with van der Waals surface area (Å²) in [6.07, 6.45) is 4.44. The number of aromatic nitrogens is 1. The van der Waals surface area contributed by atoms with Crippen LogP contribution in [0.4, 0.5) is 0 Å². The van der Waals surface area contributed by atoms with Crippen LogP contribution < -0.4 is 14.8 Å². The maximum atomic E-state index is 12.9. The van der Waals surface area contributed by atoms with Crippen molar-refractivity contribution >= 4 is 11.9 Å². The van der Waals surface area contributed by atoms with Gasteiger partial charge in [-0.25, -0.2) is 9.78 Å². The second-order valence-electron chi connectivity index (χ2n) is 8.78. The fourth-order valence-corrected chi connectivity index (χ4v) is 4.09. The Balaban J connectivity index is 1.72. The van der Waals surface area contributed by atoms with Gasteiger partial charge in [-0.3, -0.25) is 4.79 Å². The molecule has 1 aromatic carbocycles. The molecule has 0 bridgehead atoms. The molecule has 0 aliphatic heterocycles. The van der Waals surface area contributed by atoms with E-state index in [9.17, 15) is 14.7 Å². The molecule has 7 nitrogen and oxygen atoms in total. The molecule has 1 aliphatic carbocycles. The van der Waals surface area contributed by atoms with Crippen molar-refractivity contribution in [3.63, 3.8) is 0 Å². The highest BCUT2D eigenvalue weighted by Crippen LogP contribution is 2.33. The average Bonchev–Trinajstić information content (AvgIpc) is 2.77. The van der Waals surface area contributed by atoms with Gasteiger partial charge in [0.05, 0.1) is 19.3 Å². The summed E-state index contributed by atoms with van der Waals surface area (Å²) in [5.74, 6) is -0.381. The molecule has 1 aromatic heterocycles. The minimum absolute atomic E-state index is 0.242. The van der Waals surface area contributed by atoms with Crippen LogP contribution in [0.15, 0.2) is 30.5 Å². The van der Waals surface area contributed by atoms with Gasteiger partial charge in [0.25, 0.3) is 11.8 Å². The van der Waals surface area contributed by atoms with E-state index in [0.29, 0.717) is 37.5 Å². The maximum Gasteiger partial charge on any atom is 0.329 e. The number of carboxylic acids is 1. The predicted octanol–water partition coefficient (Wildman–Crippen LogP) is 4.09. The highest BCUT2D eigenvalue weighted by Gasteiger charge is 2.42. The smallest absolute Gasteiger partial charge is 0.329 e. The van der Waals surface area contributed by atoms with Crippen LogP contribution in [-0.2, 0) is 11.2 Å². The number of nitrogens with one attached hydrogen (secondary N) is 1. The van der Waals surface area contributed by atoms with Crippen molar-refractivity contribution in [2.24, 2.45) is 5.92 Å². The summed E-state index contributed by atoms with van der Waals surface area (Å²) in [4.78, 5) is 29.1. The Morgan fingerprint density at radius 2 is 1.94 bits per heavy atom. The summed E-state index contributed by atoms with van der Waals surface area (Å²) in [6.45, 7) is 6.61. The highest BCUT2D eigenvalue weighted by molar-refractivity contribution is 5.98. The number of carboxylic acid groups (broad SMARTS) is 1. The molecule has 1 saturated carbocycles. The number of nitrogens with zero attached hydrogens (tertiary/aromatic N) is 1. The van der Waals surface area contributed by atoms with E-state index >= 15 is 0 Å². The maximum absolute atomic E-state index is 12.9. The first-order valence-corrected chi connectivity index (χ1v) is 11.0. The Hall–Kier alpha value is -3.09. The molecule has 1 aliphatic rings. The predicted molar refractivity (Wildman–Crippen MR) is 121 cm³/mol. The number of aryl methyl sites for hydroxylation is 2. The quantitative estimate of drug-likeness (QED) is 0.642. The molecule has 1 fully saturated rings. The lowest BCUT2D eigenvalue weighted by Crippen LogP contribution is -2.56. The first kappa shape index (κ1) is 23.6. The summed E-state index contributed by atoms with van der Waals surface area (Å²) in [6, 6.07) is 7.85. The first-order valence-electron chi connectivity index (χ1n) is 11.0. The standard InChI is InChI=1S/C25H32N2O5/c1-16-7-10-25(11-8-16,24(29)30)27-22(28)20-14-21(23(31-4)26-15-20)32-12-9-19-13-17(2)5-6-18(19)3/h5-6,13-16H,7-12H2,1-4H3,(H,27,28)(H,29,30)/t16-,25+. The number of pyridine rings is 1. The van der Waals surface area contributed by atoms with E-state index in [1.54, 1.807) is 6.07 Å². The zero-order valence-electron chi connectivity index (χ0n) is 19.2. The molecule has 2 aromatic rings. The second kappa shape index (κ2) is 10.0. The number of aliphatic carboxylic acids is 1. The molecule has 1 heterocycles. The van der Waals surface area contributed by atoms with Crippen molar-refractivity contribution in [3.8, 4) is 11.6 Å². The number of benzene rings is 1. The van der Waals surface area contributed by atoms with Gasteiger partial charge in [0, 0.05) is 18.7 Å². The van der Waals surface area contributed by atoms with Crippen molar-refractivity contribution in [1.82, 2.24) is 10.3 Å². The molecule has 32 heavy (non-hydrogen) atoms. The van der Waals surface area contributed by atoms with E-state index < -0.39 is 17.4 Å². The van der Waals surface area contributed by atoms with Gasteiger partial charge < -0.3 is 19.9 Å². The van der Waals surface area contributed by atoms with Gasteiger partial charge in [-0.15, -0.1) is 0 Å². The Morgan fingerprint density at radius 3 is 2.59 bits per heavy atom. The van der Waals surface area contributed by atoms with Crippen LogP contribution in [0.5, 0.6) is 11.6 Å². The van der Waals surface area contributed by atoms with Gasteiger partial charge in [-0.05, 0) is 56.6 Å². The number of hydrogen-bond acceptors (Lipinski definition) is 5. The molecule has 0 unspecified atom stereocenters. The zero-order chi connectivity index (χ0) is 23.3. The monoisotopic (exact) mass is 440 g/mol. The van der Waals surface area contributed by atoms with Gasteiger partial charge in [-0.1, -0.05) is 30.7 Å². The largest absolute Gasteiger partial charge is 0.488 e. The number of amides is 1. The molecular weight excluding hydrogens is 408 g/mol. The normalized spacial score (nSPS) is 20.4. The lowest BCUT2D eigenvalue weighted by molar-refractivity contribution is -0.146. The summed E-state index contributed by atoms with van der Waals surface area (Å²) in [5, 5.41) is 12.6. The van der Waals surface area contributed by atoms with Crippen molar-refractivity contribution in [2.45, 2.75) is 58.4 Å². The summed E-state index contributed by atoms with van der Waals surface area (Å²) < 4.78 is 11.2. The average molecular weight is 441 g/mol. The van der Waals surface area contributed by atoms with Gasteiger partial charge in [-0.2, -0.15) is 0 Å². The number of ether oxygens (including phenoxy) is 2. The summed E-state index contributed by atoms with van der Waals surface area (Å²) in [7, 11) is 1.49. The van der Waals surface area contributed by atoms with E-state index in [0.717, 1.165) is 12.8 Å².